The van der Waals surface area contributed by atoms with E-state index >= 15 is 0 Å². The van der Waals surface area contributed by atoms with Gasteiger partial charge in [0.2, 0.25) is 11.8 Å². The molecule has 5 atom stereocenters. The van der Waals surface area contributed by atoms with Crippen LogP contribution < -0.4 is 10.6 Å². The largest absolute Gasteiger partial charge is 0.375 e. The van der Waals surface area contributed by atoms with E-state index in [0.29, 0.717) is 25.6 Å². The number of rotatable bonds is 7. The average Bonchev–Trinajstić information content (AvgIpc) is 3.43. The Labute approximate surface area is 171 Å². The Kier molecular flexibility index (Phi) is 5.67. The minimum Gasteiger partial charge on any atom is -0.375 e. The lowest BCUT2D eigenvalue weighted by Crippen LogP contribution is -2.44. The molecule has 7 nitrogen and oxygen atoms in total. The number of guanidine groups is 1. The highest BCUT2D eigenvalue weighted by Crippen LogP contribution is 2.52. The third kappa shape index (κ3) is 3.67. The van der Waals surface area contributed by atoms with Crippen molar-refractivity contribution in [3.05, 3.63) is 48.0 Å². The van der Waals surface area contributed by atoms with Gasteiger partial charge in [-0.15, -0.1) is 0 Å². The normalized spacial score (nSPS) is 28.8. The van der Waals surface area contributed by atoms with E-state index < -0.39 is 0 Å². The molecule has 2 amide bonds. The second-order valence-corrected chi connectivity index (χ2v) is 7.84. The van der Waals surface area contributed by atoms with Gasteiger partial charge in [-0.1, -0.05) is 42.5 Å². The van der Waals surface area contributed by atoms with Crippen LogP contribution in [0.2, 0.25) is 0 Å². The van der Waals surface area contributed by atoms with Crippen molar-refractivity contribution >= 4 is 17.8 Å². The van der Waals surface area contributed by atoms with Gasteiger partial charge in [0.15, 0.2) is 5.96 Å². The van der Waals surface area contributed by atoms with Crippen LogP contribution in [0.1, 0.15) is 18.1 Å². The van der Waals surface area contributed by atoms with Gasteiger partial charge in [0.1, 0.15) is 0 Å². The molecule has 1 saturated carbocycles. The van der Waals surface area contributed by atoms with E-state index in [1.807, 2.05) is 30.3 Å². The van der Waals surface area contributed by atoms with Gasteiger partial charge in [-0.2, -0.15) is 0 Å². The lowest BCUT2D eigenvalue weighted by molar-refractivity contribution is -0.140. The van der Waals surface area contributed by atoms with Crippen molar-refractivity contribution in [1.82, 2.24) is 15.5 Å². The number of carbonyl (C=O) groups is 2. The molecule has 2 bridgehead atoms. The summed E-state index contributed by atoms with van der Waals surface area (Å²) in [4.78, 5) is 31.1. The maximum absolute atomic E-state index is 12.7. The fraction of sp³-hybridized carbons (Fsp3) is 0.500. The van der Waals surface area contributed by atoms with Crippen LogP contribution in [0, 0.1) is 23.7 Å². The highest BCUT2D eigenvalue weighted by molar-refractivity contribution is 6.06. The maximum atomic E-state index is 12.7. The smallest absolute Gasteiger partial charge is 0.233 e. The quantitative estimate of drug-likeness (QED) is 0.315. The van der Waals surface area contributed by atoms with Crippen molar-refractivity contribution in [1.29, 1.82) is 0 Å². The number of amides is 2. The predicted octanol–water partition coefficient (Wildman–Crippen LogP) is 1.35. The van der Waals surface area contributed by atoms with Crippen molar-refractivity contribution < 1.29 is 14.3 Å². The molecule has 2 N–H and O–H groups in total. The van der Waals surface area contributed by atoms with Crippen LogP contribution in [0.15, 0.2) is 47.5 Å². The maximum Gasteiger partial charge on any atom is 0.233 e. The Morgan fingerprint density at radius 2 is 1.79 bits per heavy atom. The molecule has 0 aromatic heterocycles. The van der Waals surface area contributed by atoms with Crippen LogP contribution in [0.5, 0.6) is 0 Å². The summed E-state index contributed by atoms with van der Waals surface area (Å²) in [5, 5.41) is 6.44. The standard InChI is InChI=1S/C22H28N4O3/c1-23-22(25-13-17(29-2)14-6-4-3-5-7-14)24-10-11-26-20(27)18-15-8-9-16(12-15)19(18)21(26)28/h3-9,15-19H,10-13H2,1-2H3,(H2,23,24,25). The summed E-state index contributed by atoms with van der Waals surface area (Å²) < 4.78 is 5.56. The summed E-state index contributed by atoms with van der Waals surface area (Å²) in [6, 6.07) is 9.98. The number of likely N-dealkylation sites (tertiary alicyclic amines) is 1. The Morgan fingerprint density at radius 1 is 1.14 bits per heavy atom. The summed E-state index contributed by atoms with van der Waals surface area (Å²) in [5.74, 6) is 0.821. The number of hydrogen-bond donors (Lipinski definition) is 2. The summed E-state index contributed by atoms with van der Waals surface area (Å²) in [5.41, 5.74) is 1.08. The number of hydrogen-bond acceptors (Lipinski definition) is 4. The molecule has 1 saturated heterocycles. The Bertz CT molecular complexity index is 793. The van der Waals surface area contributed by atoms with E-state index in [-0.39, 0.29) is 41.6 Å². The molecule has 1 heterocycles. The van der Waals surface area contributed by atoms with Crippen LogP contribution in [0.3, 0.4) is 0 Å². The topological polar surface area (TPSA) is 83.0 Å². The number of benzene rings is 1. The number of nitrogens with zero attached hydrogens (tertiary/aromatic N) is 2. The Balaban J connectivity index is 1.26. The Hall–Kier alpha value is -2.67. The van der Waals surface area contributed by atoms with E-state index in [4.69, 9.17) is 4.74 Å². The fourth-order valence-corrected chi connectivity index (χ4v) is 4.89. The molecule has 1 aromatic carbocycles. The average molecular weight is 396 g/mol. The van der Waals surface area contributed by atoms with Crippen molar-refractivity contribution in [2.45, 2.75) is 12.5 Å². The number of fused-ring (bicyclic) bond motifs is 5. The summed E-state index contributed by atoms with van der Waals surface area (Å²) in [6.07, 6.45) is 5.09. The third-order valence-electron chi connectivity index (χ3n) is 6.32. The molecule has 4 rings (SSSR count). The predicted molar refractivity (Wildman–Crippen MR) is 110 cm³/mol. The molecule has 29 heavy (non-hydrogen) atoms. The van der Waals surface area contributed by atoms with E-state index in [9.17, 15) is 9.59 Å². The molecule has 7 heteroatoms. The monoisotopic (exact) mass is 396 g/mol. The van der Waals surface area contributed by atoms with Gasteiger partial charge in [0.05, 0.1) is 17.9 Å². The van der Waals surface area contributed by atoms with Crippen LogP contribution in [-0.4, -0.2) is 56.5 Å². The van der Waals surface area contributed by atoms with Gasteiger partial charge in [-0.25, -0.2) is 0 Å². The number of aliphatic imine (C=N–C) groups is 1. The second-order valence-electron chi connectivity index (χ2n) is 7.84. The minimum absolute atomic E-state index is 0.00915. The lowest BCUT2D eigenvalue weighted by atomic mass is 9.85. The third-order valence-corrected chi connectivity index (χ3v) is 6.32. The van der Waals surface area contributed by atoms with Gasteiger partial charge in [-0.05, 0) is 23.8 Å². The molecule has 2 fully saturated rings. The van der Waals surface area contributed by atoms with Crippen LogP contribution >= 0.6 is 0 Å². The van der Waals surface area contributed by atoms with Crippen LogP contribution in [-0.2, 0) is 14.3 Å². The number of allylic oxidation sites excluding steroid dienone is 2. The van der Waals surface area contributed by atoms with Gasteiger partial charge in [0, 0.05) is 33.8 Å². The van der Waals surface area contributed by atoms with Crippen LogP contribution in [0.4, 0.5) is 0 Å². The zero-order valence-electron chi connectivity index (χ0n) is 16.9. The molecule has 2 aliphatic carbocycles. The Morgan fingerprint density at radius 3 is 2.38 bits per heavy atom. The molecular weight excluding hydrogens is 368 g/mol. The van der Waals surface area contributed by atoms with E-state index in [2.05, 4.69) is 27.8 Å². The molecule has 0 radical (unpaired) electrons. The summed E-state index contributed by atoms with van der Waals surface area (Å²) in [7, 11) is 3.37. The van der Waals surface area contributed by atoms with Gasteiger partial charge in [-0.3, -0.25) is 19.5 Å². The molecule has 0 spiro atoms. The zero-order chi connectivity index (χ0) is 20.4. The van der Waals surface area contributed by atoms with Crippen molar-refractivity contribution in [3.63, 3.8) is 0 Å². The molecule has 154 valence electrons. The van der Waals surface area contributed by atoms with Crippen molar-refractivity contribution in [3.8, 4) is 0 Å². The highest BCUT2D eigenvalue weighted by atomic mass is 16.5. The highest BCUT2D eigenvalue weighted by Gasteiger charge is 2.58. The first kappa shape index (κ1) is 19.6. The van der Waals surface area contributed by atoms with E-state index in [1.165, 1.54) is 4.90 Å². The summed E-state index contributed by atoms with van der Waals surface area (Å²) in [6.45, 7) is 1.38. The van der Waals surface area contributed by atoms with Crippen molar-refractivity contribution in [2.75, 3.05) is 33.8 Å². The molecule has 1 aliphatic heterocycles. The number of carbonyl (C=O) groups excluding carboxylic acids is 2. The molecule has 5 unspecified atom stereocenters. The van der Waals surface area contributed by atoms with E-state index in [0.717, 1.165) is 12.0 Å². The molecular formula is C22H28N4O3. The number of methoxy groups -OCH3 is 1. The van der Waals surface area contributed by atoms with Gasteiger partial charge >= 0.3 is 0 Å². The number of ether oxygens (including phenoxy) is 1. The zero-order valence-corrected chi connectivity index (χ0v) is 16.9. The first-order valence-electron chi connectivity index (χ1n) is 10.2. The summed E-state index contributed by atoms with van der Waals surface area (Å²) >= 11 is 0. The fourth-order valence-electron chi connectivity index (χ4n) is 4.89. The first-order valence-corrected chi connectivity index (χ1v) is 10.2. The van der Waals surface area contributed by atoms with Gasteiger partial charge in [0.25, 0.3) is 0 Å². The van der Waals surface area contributed by atoms with Gasteiger partial charge < -0.3 is 15.4 Å². The van der Waals surface area contributed by atoms with Crippen LogP contribution in [0.25, 0.3) is 0 Å². The SMILES string of the molecule is CN=C(NCCN1C(=O)C2C3C=CC(C3)C2C1=O)NCC(OC)c1ccccc1. The first-order chi connectivity index (χ1) is 14.1. The lowest BCUT2D eigenvalue weighted by Gasteiger charge is -2.20. The number of nitrogens with one attached hydrogen (secondary N) is 2. The van der Waals surface area contributed by atoms with E-state index in [1.54, 1.807) is 14.2 Å². The molecule has 1 aromatic rings. The number of imide groups is 1. The molecule has 3 aliphatic rings. The second kappa shape index (κ2) is 8.37. The van der Waals surface area contributed by atoms with Crippen molar-refractivity contribution in [2.24, 2.45) is 28.7 Å². The minimum atomic E-state index is -0.136.